The molecule has 6 heteroatoms. The number of fused-ring (bicyclic) bond motifs is 1. The van der Waals surface area contributed by atoms with Gasteiger partial charge >= 0.3 is 6.36 Å². The highest BCUT2D eigenvalue weighted by atomic mass is 19.4. The number of alkyl halides is 3. The summed E-state index contributed by atoms with van der Waals surface area (Å²) in [4.78, 5) is 6.98. The van der Waals surface area contributed by atoms with Crippen molar-refractivity contribution in [3.63, 3.8) is 0 Å². The second-order valence-corrected chi connectivity index (χ2v) is 3.50. The van der Waals surface area contributed by atoms with Gasteiger partial charge in [-0.25, -0.2) is 4.98 Å². The molecular formula is C10H9F3N2O. The molecule has 0 saturated heterocycles. The zero-order valence-electron chi connectivity index (χ0n) is 8.64. The van der Waals surface area contributed by atoms with Gasteiger partial charge in [-0.15, -0.1) is 13.2 Å². The van der Waals surface area contributed by atoms with E-state index in [1.54, 1.807) is 19.9 Å². The van der Waals surface area contributed by atoms with Crippen LogP contribution in [0.3, 0.4) is 0 Å². The van der Waals surface area contributed by atoms with Crippen LogP contribution >= 0.6 is 0 Å². The molecule has 0 bridgehead atoms. The molecule has 0 unspecified atom stereocenters. The first-order chi connectivity index (χ1) is 7.35. The molecule has 0 amide bonds. The van der Waals surface area contributed by atoms with Crippen LogP contribution in [0.15, 0.2) is 12.1 Å². The number of rotatable bonds is 1. The van der Waals surface area contributed by atoms with Crippen LogP contribution in [-0.4, -0.2) is 16.3 Å². The Hall–Kier alpha value is -1.72. The first kappa shape index (κ1) is 10.8. The molecule has 0 saturated carbocycles. The van der Waals surface area contributed by atoms with E-state index >= 15 is 0 Å². The lowest BCUT2D eigenvalue weighted by molar-refractivity contribution is -0.274. The topological polar surface area (TPSA) is 37.9 Å². The predicted molar refractivity (Wildman–Crippen MR) is 52.3 cm³/mol. The second-order valence-electron chi connectivity index (χ2n) is 3.50. The highest BCUT2D eigenvalue weighted by molar-refractivity contribution is 5.78. The Kier molecular flexibility index (Phi) is 2.29. The van der Waals surface area contributed by atoms with Crippen molar-refractivity contribution in [2.24, 2.45) is 0 Å². The van der Waals surface area contributed by atoms with E-state index in [0.29, 0.717) is 22.4 Å². The van der Waals surface area contributed by atoms with Gasteiger partial charge in [0.15, 0.2) is 0 Å². The lowest BCUT2D eigenvalue weighted by atomic mass is 10.2. The van der Waals surface area contributed by atoms with Gasteiger partial charge in [0.05, 0.1) is 11.0 Å². The van der Waals surface area contributed by atoms with Gasteiger partial charge in [0.2, 0.25) is 0 Å². The van der Waals surface area contributed by atoms with E-state index in [1.165, 1.54) is 6.07 Å². The monoisotopic (exact) mass is 230 g/mol. The molecule has 86 valence electrons. The minimum Gasteiger partial charge on any atom is -0.405 e. The van der Waals surface area contributed by atoms with Crippen LogP contribution in [0, 0.1) is 13.8 Å². The van der Waals surface area contributed by atoms with Gasteiger partial charge in [0.25, 0.3) is 0 Å². The van der Waals surface area contributed by atoms with Crippen LogP contribution in [0.5, 0.6) is 5.75 Å². The first-order valence-corrected chi connectivity index (χ1v) is 4.58. The molecule has 3 nitrogen and oxygen atoms in total. The average molecular weight is 230 g/mol. The summed E-state index contributed by atoms with van der Waals surface area (Å²) in [5, 5.41) is 0. The summed E-state index contributed by atoms with van der Waals surface area (Å²) in [6, 6.07) is 2.86. The summed E-state index contributed by atoms with van der Waals surface area (Å²) in [6.07, 6.45) is -4.68. The van der Waals surface area contributed by atoms with Gasteiger partial charge in [0, 0.05) is 6.07 Å². The minimum atomic E-state index is -4.68. The summed E-state index contributed by atoms with van der Waals surface area (Å²) < 4.78 is 40.1. The largest absolute Gasteiger partial charge is 0.573 e. The van der Waals surface area contributed by atoms with Crippen LogP contribution in [-0.2, 0) is 0 Å². The zero-order valence-corrected chi connectivity index (χ0v) is 8.64. The van der Waals surface area contributed by atoms with E-state index in [2.05, 4.69) is 14.7 Å². The Labute approximate surface area is 89.2 Å². The molecule has 0 aliphatic heterocycles. The van der Waals surface area contributed by atoms with Crippen molar-refractivity contribution >= 4 is 11.0 Å². The third-order valence-corrected chi connectivity index (χ3v) is 2.12. The van der Waals surface area contributed by atoms with Crippen molar-refractivity contribution in [3.8, 4) is 5.75 Å². The zero-order chi connectivity index (χ0) is 11.9. The highest BCUT2D eigenvalue weighted by Crippen LogP contribution is 2.29. The number of benzene rings is 1. The fourth-order valence-electron chi connectivity index (χ4n) is 1.51. The van der Waals surface area contributed by atoms with Crippen molar-refractivity contribution in [2.75, 3.05) is 0 Å². The number of ether oxygens (including phenoxy) is 1. The van der Waals surface area contributed by atoms with Gasteiger partial charge in [-0.3, -0.25) is 0 Å². The van der Waals surface area contributed by atoms with Gasteiger partial charge in [-0.2, -0.15) is 0 Å². The van der Waals surface area contributed by atoms with E-state index in [1.807, 2.05) is 0 Å². The van der Waals surface area contributed by atoms with Gasteiger partial charge in [0.1, 0.15) is 11.6 Å². The highest BCUT2D eigenvalue weighted by Gasteiger charge is 2.31. The maximum absolute atomic E-state index is 12.1. The first-order valence-electron chi connectivity index (χ1n) is 4.58. The number of hydrogen-bond donors (Lipinski definition) is 1. The Morgan fingerprint density at radius 1 is 1.25 bits per heavy atom. The fraction of sp³-hybridized carbons (Fsp3) is 0.300. The van der Waals surface area contributed by atoms with E-state index in [9.17, 15) is 13.2 Å². The summed E-state index contributed by atoms with van der Waals surface area (Å²) in [5.74, 6) is 0.435. The van der Waals surface area contributed by atoms with Crippen molar-refractivity contribution in [1.82, 2.24) is 9.97 Å². The number of nitrogens with zero attached hydrogens (tertiary/aromatic N) is 1. The van der Waals surface area contributed by atoms with Crippen LogP contribution in [0.2, 0.25) is 0 Å². The van der Waals surface area contributed by atoms with Gasteiger partial charge in [-0.1, -0.05) is 0 Å². The third-order valence-electron chi connectivity index (χ3n) is 2.12. The molecule has 0 spiro atoms. The van der Waals surface area contributed by atoms with E-state index in [0.717, 1.165) is 0 Å². The molecule has 1 aromatic carbocycles. The fourth-order valence-corrected chi connectivity index (χ4v) is 1.51. The van der Waals surface area contributed by atoms with Crippen molar-refractivity contribution in [2.45, 2.75) is 20.2 Å². The molecule has 2 rings (SSSR count). The molecule has 16 heavy (non-hydrogen) atoms. The predicted octanol–water partition coefficient (Wildman–Crippen LogP) is 3.08. The lowest BCUT2D eigenvalue weighted by Crippen LogP contribution is -2.17. The molecule has 1 N–H and O–H groups in total. The van der Waals surface area contributed by atoms with Crippen molar-refractivity contribution in [3.05, 3.63) is 23.5 Å². The molecule has 1 heterocycles. The molecule has 0 radical (unpaired) electrons. The molecule has 0 atom stereocenters. The summed E-state index contributed by atoms with van der Waals surface area (Å²) >= 11 is 0. The summed E-state index contributed by atoms with van der Waals surface area (Å²) in [6.45, 7) is 3.29. The molecule has 0 aliphatic rings. The number of aryl methyl sites for hydroxylation is 2. The summed E-state index contributed by atoms with van der Waals surface area (Å²) in [7, 11) is 0. The van der Waals surface area contributed by atoms with Gasteiger partial charge < -0.3 is 9.72 Å². The standard InChI is InChI=1S/C10H9F3N2O/c1-5-3-7-8(15-6(2)14-7)4-9(5)16-10(11,12)13/h3-4H,1-2H3,(H,14,15). The van der Waals surface area contributed by atoms with Crippen LogP contribution in [0.1, 0.15) is 11.4 Å². The Bertz CT molecular complexity index is 531. The Morgan fingerprint density at radius 3 is 2.56 bits per heavy atom. The minimum absolute atomic E-state index is 0.216. The third kappa shape index (κ3) is 2.10. The van der Waals surface area contributed by atoms with E-state index in [-0.39, 0.29) is 5.75 Å². The lowest BCUT2D eigenvalue weighted by Gasteiger charge is -2.10. The van der Waals surface area contributed by atoms with Crippen molar-refractivity contribution in [1.29, 1.82) is 0 Å². The number of halogens is 3. The normalized spacial score (nSPS) is 12.1. The van der Waals surface area contributed by atoms with Crippen LogP contribution in [0.25, 0.3) is 11.0 Å². The van der Waals surface area contributed by atoms with Crippen molar-refractivity contribution < 1.29 is 17.9 Å². The smallest absolute Gasteiger partial charge is 0.405 e. The number of H-pyrrole nitrogens is 1. The molecule has 0 fully saturated rings. The average Bonchev–Trinajstić information content (AvgIpc) is 2.42. The molecule has 0 aliphatic carbocycles. The van der Waals surface area contributed by atoms with Crippen LogP contribution in [0.4, 0.5) is 13.2 Å². The molecule has 2 aromatic rings. The van der Waals surface area contributed by atoms with E-state index in [4.69, 9.17) is 0 Å². The number of aromatic nitrogens is 2. The van der Waals surface area contributed by atoms with Crippen LogP contribution < -0.4 is 4.74 Å². The maximum atomic E-state index is 12.1. The van der Waals surface area contributed by atoms with E-state index < -0.39 is 6.36 Å². The number of hydrogen-bond acceptors (Lipinski definition) is 2. The molecular weight excluding hydrogens is 221 g/mol. The Morgan fingerprint density at radius 2 is 1.94 bits per heavy atom. The second kappa shape index (κ2) is 3.40. The quantitative estimate of drug-likeness (QED) is 0.817. The summed E-state index contributed by atoms with van der Waals surface area (Å²) in [5.41, 5.74) is 1.57. The number of nitrogens with one attached hydrogen (secondary N) is 1. The maximum Gasteiger partial charge on any atom is 0.573 e. The number of imidazole rings is 1. The SMILES string of the molecule is Cc1nc2cc(OC(F)(F)F)c(C)cc2[nH]1. The molecule has 1 aromatic heterocycles. The van der Waals surface area contributed by atoms with Gasteiger partial charge in [-0.05, 0) is 25.5 Å². The number of aromatic amines is 1. The Balaban J connectivity index is 2.49.